The first-order valence-electron chi connectivity index (χ1n) is 6.85. The van der Waals surface area contributed by atoms with Gasteiger partial charge in [-0.05, 0) is 49.9 Å². The van der Waals surface area contributed by atoms with Crippen molar-refractivity contribution in [2.24, 2.45) is 23.2 Å². The van der Waals surface area contributed by atoms with Crippen LogP contribution in [0.4, 0.5) is 0 Å². The molecule has 0 amide bonds. The van der Waals surface area contributed by atoms with Crippen LogP contribution < -0.4 is 0 Å². The maximum absolute atomic E-state index is 10.6. The predicted octanol–water partition coefficient (Wildman–Crippen LogP) is 2.87. The maximum atomic E-state index is 10.6. The predicted molar refractivity (Wildman–Crippen MR) is 61.5 cm³/mol. The second-order valence-electron chi connectivity index (χ2n) is 6.22. The van der Waals surface area contributed by atoms with Crippen LogP contribution in [-0.4, -0.2) is 11.2 Å². The van der Waals surface area contributed by atoms with Crippen molar-refractivity contribution >= 4 is 0 Å². The average molecular weight is 219 g/mol. The highest BCUT2D eigenvalue weighted by Gasteiger charge is 2.56. The second-order valence-corrected chi connectivity index (χ2v) is 6.22. The number of aliphatic hydroxyl groups excluding tert-OH is 1. The molecule has 1 N–H and O–H groups in total. The molecule has 88 valence electrons. The van der Waals surface area contributed by atoms with Crippen LogP contribution in [-0.2, 0) is 0 Å². The van der Waals surface area contributed by atoms with E-state index in [2.05, 4.69) is 6.07 Å². The van der Waals surface area contributed by atoms with Gasteiger partial charge in [0.25, 0.3) is 0 Å². The van der Waals surface area contributed by atoms with Gasteiger partial charge in [0.05, 0.1) is 17.6 Å². The number of aliphatic hydroxyl groups is 1. The number of fused-ring (bicyclic) bond motifs is 2. The molecule has 4 atom stereocenters. The van der Waals surface area contributed by atoms with E-state index in [1.165, 1.54) is 32.1 Å². The zero-order valence-electron chi connectivity index (χ0n) is 9.86. The molecule has 0 heterocycles. The van der Waals surface area contributed by atoms with Gasteiger partial charge in [-0.1, -0.05) is 19.3 Å². The second kappa shape index (κ2) is 3.74. The van der Waals surface area contributed by atoms with E-state index >= 15 is 0 Å². The molecule has 2 nitrogen and oxygen atoms in total. The Morgan fingerprint density at radius 1 is 1.19 bits per heavy atom. The zero-order chi connectivity index (χ0) is 11.2. The third-order valence-electron chi connectivity index (χ3n) is 5.48. The molecular formula is C14H21NO. The van der Waals surface area contributed by atoms with Crippen molar-refractivity contribution in [2.75, 3.05) is 0 Å². The molecule has 3 aliphatic carbocycles. The summed E-state index contributed by atoms with van der Waals surface area (Å²) < 4.78 is 0. The molecule has 0 aromatic heterocycles. The van der Waals surface area contributed by atoms with E-state index in [1.54, 1.807) is 0 Å². The molecule has 0 spiro atoms. The van der Waals surface area contributed by atoms with Crippen LogP contribution in [0.25, 0.3) is 0 Å². The quantitative estimate of drug-likeness (QED) is 0.776. The van der Waals surface area contributed by atoms with Gasteiger partial charge in [-0.3, -0.25) is 0 Å². The highest BCUT2D eigenvalue weighted by molar-refractivity contribution is 5.16. The van der Waals surface area contributed by atoms with Gasteiger partial charge in [0.1, 0.15) is 0 Å². The lowest BCUT2D eigenvalue weighted by Crippen LogP contribution is -2.42. The lowest BCUT2D eigenvalue weighted by Gasteiger charge is -2.38. The highest BCUT2D eigenvalue weighted by Crippen LogP contribution is 2.59. The van der Waals surface area contributed by atoms with Gasteiger partial charge in [-0.15, -0.1) is 0 Å². The standard InChI is InChI=1S/C14H21NO/c15-9-14(8-10-5-6-12(14)7-10)13(16)11-3-1-2-4-11/h10-13,16H,1-8H2. The first-order chi connectivity index (χ1) is 7.76. The summed E-state index contributed by atoms with van der Waals surface area (Å²) in [5, 5.41) is 20.2. The van der Waals surface area contributed by atoms with Gasteiger partial charge < -0.3 is 5.11 Å². The first-order valence-corrected chi connectivity index (χ1v) is 6.85. The van der Waals surface area contributed by atoms with E-state index in [1.807, 2.05) is 0 Å². The van der Waals surface area contributed by atoms with Crippen LogP contribution >= 0.6 is 0 Å². The van der Waals surface area contributed by atoms with Gasteiger partial charge in [0.2, 0.25) is 0 Å². The Balaban J connectivity index is 1.82. The van der Waals surface area contributed by atoms with Crippen molar-refractivity contribution in [1.82, 2.24) is 0 Å². The fourth-order valence-electron chi connectivity index (χ4n) is 4.63. The van der Waals surface area contributed by atoms with Crippen LogP contribution in [0.5, 0.6) is 0 Å². The molecule has 3 rings (SSSR count). The van der Waals surface area contributed by atoms with E-state index in [-0.39, 0.29) is 11.5 Å². The van der Waals surface area contributed by atoms with E-state index in [0.717, 1.165) is 25.2 Å². The monoisotopic (exact) mass is 219 g/mol. The first kappa shape index (κ1) is 10.6. The molecule has 0 aliphatic heterocycles. The van der Waals surface area contributed by atoms with Gasteiger partial charge in [-0.25, -0.2) is 0 Å². The smallest absolute Gasteiger partial charge is 0.0865 e. The van der Waals surface area contributed by atoms with Gasteiger partial charge in [0.15, 0.2) is 0 Å². The molecule has 3 saturated carbocycles. The molecule has 16 heavy (non-hydrogen) atoms. The van der Waals surface area contributed by atoms with Gasteiger partial charge >= 0.3 is 0 Å². The highest BCUT2D eigenvalue weighted by atomic mass is 16.3. The third-order valence-corrected chi connectivity index (χ3v) is 5.48. The normalized spacial score (nSPS) is 44.8. The summed E-state index contributed by atoms with van der Waals surface area (Å²) in [4.78, 5) is 0. The Hall–Kier alpha value is -0.550. The van der Waals surface area contributed by atoms with Crippen molar-refractivity contribution < 1.29 is 5.11 Å². The van der Waals surface area contributed by atoms with Crippen LogP contribution in [0.15, 0.2) is 0 Å². The summed E-state index contributed by atoms with van der Waals surface area (Å²) in [5.41, 5.74) is -0.363. The third kappa shape index (κ3) is 1.34. The summed E-state index contributed by atoms with van der Waals surface area (Å²) in [6.07, 6.45) is 9.10. The molecule has 2 heteroatoms. The SMILES string of the molecule is N#CC1(C(O)C2CCCC2)CC2CCC1C2. The van der Waals surface area contributed by atoms with Crippen molar-refractivity contribution in [2.45, 2.75) is 57.5 Å². The number of nitrogens with zero attached hydrogens (tertiary/aromatic N) is 1. The maximum Gasteiger partial charge on any atom is 0.0865 e. The lowest BCUT2D eigenvalue weighted by molar-refractivity contribution is -0.0159. The van der Waals surface area contributed by atoms with Crippen molar-refractivity contribution in [1.29, 1.82) is 5.26 Å². The molecule has 0 saturated heterocycles. The number of rotatable bonds is 2. The zero-order valence-corrected chi connectivity index (χ0v) is 9.86. The van der Waals surface area contributed by atoms with Crippen LogP contribution in [0.1, 0.15) is 51.4 Å². The summed E-state index contributed by atoms with van der Waals surface area (Å²) in [7, 11) is 0. The van der Waals surface area contributed by atoms with E-state index in [0.29, 0.717) is 11.8 Å². The average Bonchev–Trinajstić information content (AvgIpc) is 3.03. The molecule has 3 fully saturated rings. The molecule has 0 aromatic rings. The van der Waals surface area contributed by atoms with E-state index in [4.69, 9.17) is 0 Å². The Morgan fingerprint density at radius 2 is 1.94 bits per heavy atom. The summed E-state index contributed by atoms with van der Waals surface area (Å²) in [6.45, 7) is 0. The van der Waals surface area contributed by atoms with Crippen molar-refractivity contribution in [3.8, 4) is 6.07 Å². The lowest BCUT2D eigenvalue weighted by atomic mass is 9.66. The van der Waals surface area contributed by atoms with Crippen LogP contribution in [0, 0.1) is 34.5 Å². The number of nitriles is 1. The molecule has 4 unspecified atom stereocenters. The molecule has 2 bridgehead atoms. The molecular weight excluding hydrogens is 198 g/mol. The Morgan fingerprint density at radius 3 is 2.44 bits per heavy atom. The largest absolute Gasteiger partial charge is 0.391 e. The molecule has 3 aliphatic rings. The molecule has 0 radical (unpaired) electrons. The minimum Gasteiger partial charge on any atom is -0.391 e. The fourth-order valence-corrected chi connectivity index (χ4v) is 4.63. The van der Waals surface area contributed by atoms with Gasteiger partial charge in [0, 0.05) is 0 Å². The van der Waals surface area contributed by atoms with Crippen molar-refractivity contribution in [3.05, 3.63) is 0 Å². The Labute approximate surface area is 97.7 Å². The summed E-state index contributed by atoms with van der Waals surface area (Å²) in [5.74, 6) is 1.65. The van der Waals surface area contributed by atoms with E-state index < -0.39 is 0 Å². The number of hydrogen-bond donors (Lipinski definition) is 1. The minimum atomic E-state index is -0.363. The minimum absolute atomic E-state index is 0.338. The number of hydrogen-bond acceptors (Lipinski definition) is 2. The fraction of sp³-hybridized carbons (Fsp3) is 0.929. The Kier molecular flexibility index (Phi) is 2.47. The summed E-state index contributed by atoms with van der Waals surface area (Å²) in [6, 6.07) is 2.54. The van der Waals surface area contributed by atoms with Crippen LogP contribution in [0.3, 0.4) is 0 Å². The van der Waals surface area contributed by atoms with E-state index in [9.17, 15) is 10.4 Å². The van der Waals surface area contributed by atoms with Gasteiger partial charge in [-0.2, -0.15) is 5.26 Å². The topological polar surface area (TPSA) is 44.0 Å². The van der Waals surface area contributed by atoms with Crippen molar-refractivity contribution in [3.63, 3.8) is 0 Å². The van der Waals surface area contributed by atoms with Crippen LogP contribution in [0.2, 0.25) is 0 Å². The summed E-state index contributed by atoms with van der Waals surface area (Å²) >= 11 is 0. The Bertz CT molecular complexity index is 315. The molecule has 0 aromatic carbocycles.